The van der Waals surface area contributed by atoms with Crippen LogP contribution in [0.15, 0.2) is 28.7 Å². The molecule has 1 aliphatic heterocycles. The molecule has 0 spiro atoms. The van der Waals surface area contributed by atoms with E-state index in [2.05, 4.69) is 21.4 Å². The Morgan fingerprint density at radius 1 is 1.25 bits per heavy atom. The summed E-state index contributed by atoms with van der Waals surface area (Å²) in [7, 11) is -3.91. The summed E-state index contributed by atoms with van der Waals surface area (Å²) in [4.78, 5) is 2.47. The summed E-state index contributed by atoms with van der Waals surface area (Å²) in [6.45, 7) is 3.71. The number of piperidine rings is 1. The van der Waals surface area contributed by atoms with E-state index >= 15 is 0 Å². The molecule has 2 rings (SSSR count). The first-order valence-electron chi connectivity index (χ1n) is 8.23. The molecule has 0 radical (unpaired) electrons. The first kappa shape index (κ1) is 18.7. The molecule has 1 aliphatic rings. The van der Waals surface area contributed by atoms with Crippen LogP contribution in [0.1, 0.15) is 37.7 Å². The predicted octanol–water partition coefficient (Wildman–Crippen LogP) is 1.39. The molecule has 24 heavy (non-hydrogen) atoms. The second-order valence-electron chi connectivity index (χ2n) is 6.03. The third-order valence-electron chi connectivity index (χ3n) is 3.84. The number of benzene rings is 1. The highest BCUT2D eigenvalue weighted by Gasteiger charge is 2.10. The molecule has 1 saturated heterocycles. The van der Waals surface area contributed by atoms with E-state index in [-0.39, 0.29) is 5.84 Å². The minimum absolute atomic E-state index is 0.0000470. The molecule has 0 unspecified atom stereocenters. The fourth-order valence-electron chi connectivity index (χ4n) is 2.76. The van der Waals surface area contributed by atoms with E-state index in [1.54, 1.807) is 0 Å². The van der Waals surface area contributed by atoms with E-state index in [1.165, 1.54) is 24.8 Å². The highest BCUT2D eigenvalue weighted by atomic mass is 32.2. The SMILES string of the molecule is NC(CCCOc1cccc(CN2CCCCC2)c1)=NS(N)(=O)=O. The molecule has 8 heteroatoms. The lowest BCUT2D eigenvalue weighted by molar-refractivity contribution is 0.220. The summed E-state index contributed by atoms with van der Waals surface area (Å²) < 4.78 is 30.5. The van der Waals surface area contributed by atoms with Crippen molar-refractivity contribution in [2.45, 2.75) is 38.6 Å². The van der Waals surface area contributed by atoms with Gasteiger partial charge in [0.1, 0.15) is 11.6 Å². The maximum absolute atomic E-state index is 10.8. The number of rotatable bonds is 8. The van der Waals surface area contributed by atoms with Crippen molar-refractivity contribution >= 4 is 16.0 Å². The zero-order chi connectivity index (χ0) is 17.4. The van der Waals surface area contributed by atoms with E-state index < -0.39 is 10.2 Å². The molecule has 1 aromatic rings. The van der Waals surface area contributed by atoms with Gasteiger partial charge in [-0.2, -0.15) is 8.42 Å². The van der Waals surface area contributed by atoms with Gasteiger partial charge in [-0.25, -0.2) is 5.14 Å². The summed E-state index contributed by atoms with van der Waals surface area (Å²) in [5.41, 5.74) is 6.74. The first-order chi connectivity index (χ1) is 11.4. The molecule has 4 N–H and O–H groups in total. The smallest absolute Gasteiger partial charge is 0.318 e. The second-order valence-corrected chi connectivity index (χ2v) is 7.25. The third-order valence-corrected chi connectivity index (χ3v) is 4.33. The van der Waals surface area contributed by atoms with Gasteiger partial charge in [0.15, 0.2) is 0 Å². The fraction of sp³-hybridized carbons (Fsp3) is 0.562. The van der Waals surface area contributed by atoms with Crippen LogP contribution in [0.25, 0.3) is 0 Å². The normalized spacial score (nSPS) is 17.0. The highest BCUT2D eigenvalue weighted by Crippen LogP contribution is 2.17. The summed E-state index contributed by atoms with van der Waals surface area (Å²) in [5, 5.41) is 4.79. The van der Waals surface area contributed by atoms with Gasteiger partial charge in [-0.3, -0.25) is 4.90 Å². The van der Waals surface area contributed by atoms with Crippen molar-refractivity contribution in [1.29, 1.82) is 0 Å². The van der Waals surface area contributed by atoms with Crippen molar-refractivity contribution in [3.05, 3.63) is 29.8 Å². The molecular weight excluding hydrogens is 328 g/mol. The fourth-order valence-corrected chi connectivity index (χ4v) is 3.18. The van der Waals surface area contributed by atoms with Crippen molar-refractivity contribution in [1.82, 2.24) is 4.90 Å². The lowest BCUT2D eigenvalue weighted by Crippen LogP contribution is -2.29. The van der Waals surface area contributed by atoms with Gasteiger partial charge in [0.2, 0.25) is 0 Å². The van der Waals surface area contributed by atoms with Crippen LogP contribution in [0.2, 0.25) is 0 Å². The molecule has 0 atom stereocenters. The van der Waals surface area contributed by atoms with Crippen molar-refractivity contribution in [2.24, 2.45) is 15.3 Å². The van der Waals surface area contributed by atoms with Crippen LogP contribution in [-0.2, 0) is 16.8 Å². The maximum Gasteiger partial charge on any atom is 0.318 e. The number of likely N-dealkylation sites (tertiary alicyclic amines) is 1. The lowest BCUT2D eigenvalue weighted by atomic mass is 10.1. The van der Waals surface area contributed by atoms with Crippen LogP contribution in [-0.4, -0.2) is 38.8 Å². The van der Waals surface area contributed by atoms with E-state index in [0.717, 1.165) is 25.4 Å². The van der Waals surface area contributed by atoms with Crippen LogP contribution < -0.4 is 15.6 Å². The summed E-state index contributed by atoms with van der Waals surface area (Å²) in [6.07, 6.45) is 4.78. The van der Waals surface area contributed by atoms with Crippen LogP contribution in [0.5, 0.6) is 5.75 Å². The quantitative estimate of drug-likeness (QED) is 0.416. The average Bonchev–Trinajstić information content (AvgIpc) is 2.51. The van der Waals surface area contributed by atoms with Gasteiger partial charge in [-0.1, -0.05) is 18.6 Å². The molecule has 0 saturated carbocycles. The molecular formula is C16H26N4O3S. The van der Waals surface area contributed by atoms with E-state index in [4.69, 9.17) is 15.6 Å². The van der Waals surface area contributed by atoms with Crippen LogP contribution >= 0.6 is 0 Å². The van der Waals surface area contributed by atoms with E-state index in [9.17, 15) is 8.42 Å². The van der Waals surface area contributed by atoms with E-state index in [0.29, 0.717) is 19.4 Å². The van der Waals surface area contributed by atoms with Crippen LogP contribution in [0.3, 0.4) is 0 Å². The second kappa shape index (κ2) is 9.00. The third kappa shape index (κ3) is 7.29. The van der Waals surface area contributed by atoms with Gasteiger partial charge < -0.3 is 10.5 Å². The Morgan fingerprint density at radius 3 is 2.71 bits per heavy atom. The molecule has 1 aromatic carbocycles. The van der Waals surface area contributed by atoms with Gasteiger partial charge in [0.05, 0.1) is 6.61 Å². The predicted molar refractivity (Wildman–Crippen MR) is 95.0 cm³/mol. The van der Waals surface area contributed by atoms with Crippen molar-refractivity contribution < 1.29 is 13.2 Å². The van der Waals surface area contributed by atoms with Crippen LogP contribution in [0.4, 0.5) is 0 Å². The molecule has 0 aliphatic carbocycles. The molecule has 1 fully saturated rings. The lowest BCUT2D eigenvalue weighted by Gasteiger charge is -2.26. The number of nitrogens with zero attached hydrogens (tertiary/aromatic N) is 2. The molecule has 0 aromatic heterocycles. The Bertz CT molecular complexity index is 655. The Morgan fingerprint density at radius 2 is 2.00 bits per heavy atom. The Labute approximate surface area is 143 Å². The molecule has 1 heterocycles. The Balaban J connectivity index is 1.76. The number of ether oxygens (including phenoxy) is 1. The number of nitrogens with two attached hydrogens (primary N) is 2. The summed E-state index contributed by atoms with van der Waals surface area (Å²) >= 11 is 0. The monoisotopic (exact) mass is 354 g/mol. The van der Waals surface area contributed by atoms with Crippen molar-refractivity contribution in [3.8, 4) is 5.75 Å². The van der Waals surface area contributed by atoms with Crippen LogP contribution in [0, 0.1) is 0 Å². The molecule has 134 valence electrons. The van der Waals surface area contributed by atoms with Crippen molar-refractivity contribution in [2.75, 3.05) is 19.7 Å². The molecule has 0 bridgehead atoms. The molecule has 7 nitrogen and oxygen atoms in total. The summed E-state index contributed by atoms with van der Waals surface area (Å²) in [6, 6.07) is 8.07. The standard InChI is InChI=1S/C16H26N4O3S/c17-16(19-24(18,21)22)8-5-11-23-15-7-4-6-14(12-15)13-20-9-2-1-3-10-20/h4,6-7,12H,1-3,5,8-11,13H2,(H2,17,19)(H2,18,21,22). The topological polar surface area (TPSA) is 111 Å². The largest absolute Gasteiger partial charge is 0.494 e. The minimum Gasteiger partial charge on any atom is -0.494 e. The highest BCUT2D eigenvalue weighted by molar-refractivity contribution is 7.88. The van der Waals surface area contributed by atoms with Gasteiger partial charge in [-0.15, -0.1) is 4.40 Å². The zero-order valence-electron chi connectivity index (χ0n) is 13.9. The summed E-state index contributed by atoms with van der Waals surface area (Å²) in [5.74, 6) is 0.811. The van der Waals surface area contributed by atoms with Gasteiger partial charge in [-0.05, 0) is 50.0 Å². The Kier molecular flexibility index (Phi) is 7.01. The maximum atomic E-state index is 10.8. The average molecular weight is 354 g/mol. The zero-order valence-corrected chi connectivity index (χ0v) is 14.7. The van der Waals surface area contributed by atoms with Gasteiger partial charge in [0, 0.05) is 13.0 Å². The Hall–Kier alpha value is -1.64. The van der Waals surface area contributed by atoms with Gasteiger partial charge >= 0.3 is 10.2 Å². The minimum atomic E-state index is -3.91. The van der Waals surface area contributed by atoms with Gasteiger partial charge in [0.25, 0.3) is 0 Å². The number of amidine groups is 1. The van der Waals surface area contributed by atoms with E-state index in [1.807, 2.05) is 12.1 Å². The first-order valence-corrected chi connectivity index (χ1v) is 9.74. The molecule has 0 amide bonds. The van der Waals surface area contributed by atoms with Crippen molar-refractivity contribution in [3.63, 3.8) is 0 Å². The number of hydrogen-bond donors (Lipinski definition) is 2. The number of hydrogen-bond acceptors (Lipinski definition) is 4.